The standard InChI is InChI=1S/C25H31FN4O2/c1-16-22(14-23(31)29-21-9-7-20(26)8-10-21)17(2)28-25(27-16)19-11-12-30(15-19)24(32)13-18-5-3-4-6-18/h7-10,18-19H,3-6,11-15H2,1-2H3,(H,29,31). The van der Waals surface area contributed by atoms with Gasteiger partial charge in [0.2, 0.25) is 11.8 Å². The Labute approximate surface area is 188 Å². The van der Waals surface area contributed by atoms with Gasteiger partial charge in [0.1, 0.15) is 11.6 Å². The van der Waals surface area contributed by atoms with Crippen molar-refractivity contribution in [3.05, 3.63) is 52.9 Å². The van der Waals surface area contributed by atoms with Gasteiger partial charge in [-0.25, -0.2) is 14.4 Å². The van der Waals surface area contributed by atoms with Crippen molar-refractivity contribution in [1.82, 2.24) is 14.9 Å². The van der Waals surface area contributed by atoms with Gasteiger partial charge in [-0.3, -0.25) is 9.59 Å². The second-order valence-electron chi connectivity index (χ2n) is 9.14. The Hall–Kier alpha value is -2.83. The van der Waals surface area contributed by atoms with E-state index in [1.807, 2.05) is 18.7 Å². The van der Waals surface area contributed by atoms with Crippen LogP contribution in [-0.4, -0.2) is 39.8 Å². The molecule has 1 aliphatic heterocycles. The van der Waals surface area contributed by atoms with Crippen LogP contribution in [0.25, 0.3) is 0 Å². The third-order valence-electron chi connectivity index (χ3n) is 6.75. The maximum Gasteiger partial charge on any atom is 0.228 e. The molecule has 1 aromatic carbocycles. The molecule has 0 bridgehead atoms. The molecule has 6 nitrogen and oxygen atoms in total. The summed E-state index contributed by atoms with van der Waals surface area (Å²) in [7, 11) is 0. The number of aryl methyl sites for hydroxylation is 2. The molecule has 32 heavy (non-hydrogen) atoms. The molecule has 170 valence electrons. The first kappa shape index (κ1) is 22.4. The van der Waals surface area contributed by atoms with Crippen LogP contribution < -0.4 is 5.32 Å². The summed E-state index contributed by atoms with van der Waals surface area (Å²) in [5, 5.41) is 2.78. The topological polar surface area (TPSA) is 75.2 Å². The van der Waals surface area contributed by atoms with E-state index < -0.39 is 0 Å². The molecule has 1 saturated heterocycles. The van der Waals surface area contributed by atoms with E-state index in [0.717, 1.165) is 35.7 Å². The summed E-state index contributed by atoms with van der Waals surface area (Å²) in [5.41, 5.74) is 2.94. The number of nitrogens with zero attached hydrogens (tertiary/aromatic N) is 3. The van der Waals surface area contributed by atoms with Crippen molar-refractivity contribution in [3.63, 3.8) is 0 Å². The summed E-state index contributed by atoms with van der Waals surface area (Å²) < 4.78 is 13.1. The number of amides is 2. The molecule has 1 unspecified atom stereocenters. The predicted molar refractivity (Wildman–Crippen MR) is 121 cm³/mol. The number of carbonyl (C=O) groups is 2. The van der Waals surface area contributed by atoms with E-state index in [-0.39, 0.29) is 30.0 Å². The number of nitrogens with one attached hydrogen (secondary N) is 1. The van der Waals surface area contributed by atoms with Gasteiger partial charge in [0.25, 0.3) is 0 Å². The first-order valence-corrected chi connectivity index (χ1v) is 11.6. The van der Waals surface area contributed by atoms with Crippen molar-refractivity contribution in [3.8, 4) is 0 Å². The Morgan fingerprint density at radius 1 is 1.06 bits per heavy atom. The lowest BCUT2D eigenvalue weighted by Crippen LogP contribution is -2.30. The fourth-order valence-electron chi connectivity index (χ4n) is 4.89. The van der Waals surface area contributed by atoms with Crippen molar-refractivity contribution in [2.24, 2.45) is 5.92 Å². The van der Waals surface area contributed by atoms with E-state index in [1.54, 1.807) is 0 Å². The summed E-state index contributed by atoms with van der Waals surface area (Å²) in [6.07, 6.45) is 6.57. The second kappa shape index (κ2) is 9.76. The van der Waals surface area contributed by atoms with Gasteiger partial charge in [0.05, 0.1) is 6.42 Å². The molecule has 2 aliphatic rings. The van der Waals surface area contributed by atoms with Gasteiger partial charge in [-0.2, -0.15) is 0 Å². The van der Waals surface area contributed by atoms with Gasteiger partial charge in [0.15, 0.2) is 0 Å². The van der Waals surface area contributed by atoms with Gasteiger partial charge in [-0.05, 0) is 63.3 Å². The number of rotatable bonds is 6. The lowest BCUT2D eigenvalue weighted by molar-refractivity contribution is -0.131. The summed E-state index contributed by atoms with van der Waals surface area (Å²) >= 11 is 0. The molecule has 1 atom stereocenters. The molecular formula is C25H31FN4O2. The van der Waals surface area contributed by atoms with Crippen LogP contribution in [0.1, 0.15) is 67.2 Å². The second-order valence-corrected chi connectivity index (χ2v) is 9.14. The van der Waals surface area contributed by atoms with Crippen LogP contribution in [0.3, 0.4) is 0 Å². The molecule has 7 heteroatoms. The highest BCUT2D eigenvalue weighted by Crippen LogP contribution is 2.31. The normalized spacial score (nSPS) is 18.8. The Morgan fingerprint density at radius 2 is 1.72 bits per heavy atom. The van der Waals surface area contributed by atoms with Crippen LogP contribution in [-0.2, 0) is 16.0 Å². The number of hydrogen-bond donors (Lipinski definition) is 1. The molecule has 1 aliphatic carbocycles. The fourth-order valence-corrected chi connectivity index (χ4v) is 4.89. The smallest absolute Gasteiger partial charge is 0.228 e. The molecule has 2 amide bonds. The van der Waals surface area contributed by atoms with Crippen LogP contribution in [0.15, 0.2) is 24.3 Å². The van der Waals surface area contributed by atoms with Crippen LogP contribution in [0.5, 0.6) is 0 Å². The molecule has 2 aromatic rings. The van der Waals surface area contributed by atoms with Crippen molar-refractivity contribution in [1.29, 1.82) is 0 Å². The molecule has 2 heterocycles. The summed E-state index contributed by atoms with van der Waals surface area (Å²) in [6, 6.07) is 5.69. The lowest BCUT2D eigenvalue weighted by Gasteiger charge is -2.19. The molecule has 2 fully saturated rings. The quantitative estimate of drug-likeness (QED) is 0.729. The molecule has 1 N–H and O–H groups in total. The van der Waals surface area contributed by atoms with E-state index in [2.05, 4.69) is 5.32 Å². The van der Waals surface area contributed by atoms with Crippen molar-refractivity contribution >= 4 is 17.5 Å². The van der Waals surface area contributed by atoms with E-state index in [9.17, 15) is 14.0 Å². The van der Waals surface area contributed by atoms with Gasteiger partial charge in [-0.15, -0.1) is 0 Å². The van der Waals surface area contributed by atoms with E-state index in [4.69, 9.17) is 9.97 Å². The monoisotopic (exact) mass is 438 g/mol. The highest BCUT2D eigenvalue weighted by molar-refractivity contribution is 5.92. The average Bonchev–Trinajstić information content (AvgIpc) is 3.44. The van der Waals surface area contributed by atoms with Crippen molar-refractivity contribution < 1.29 is 14.0 Å². The average molecular weight is 439 g/mol. The largest absolute Gasteiger partial charge is 0.342 e. The van der Waals surface area contributed by atoms with Crippen molar-refractivity contribution in [2.45, 2.75) is 64.7 Å². The number of hydrogen-bond acceptors (Lipinski definition) is 4. The third kappa shape index (κ3) is 5.31. The fraction of sp³-hybridized carbons (Fsp3) is 0.520. The minimum Gasteiger partial charge on any atom is -0.342 e. The molecule has 1 saturated carbocycles. The summed E-state index contributed by atoms with van der Waals surface area (Å²) in [5.74, 6) is 1.19. The highest BCUT2D eigenvalue weighted by atomic mass is 19.1. The van der Waals surface area contributed by atoms with E-state index in [1.165, 1.54) is 49.9 Å². The van der Waals surface area contributed by atoms with Crippen molar-refractivity contribution in [2.75, 3.05) is 18.4 Å². The number of halogens is 1. The molecule has 4 rings (SSSR count). The predicted octanol–water partition coefficient (Wildman–Crippen LogP) is 4.31. The van der Waals surface area contributed by atoms with Crippen LogP contribution >= 0.6 is 0 Å². The zero-order valence-corrected chi connectivity index (χ0v) is 18.9. The minimum absolute atomic E-state index is 0.141. The maximum atomic E-state index is 13.1. The van der Waals surface area contributed by atoms with Crippen LogP contribution in [0.4, 0.5) is 10.1 Å². The third-order valence-corrected chi connectivity index (χ3v) is 6.75. The SMILES string of the molecule is Cc1nc(C2CCN(C(=O)CC3CCCC3)C2)nc(C)c1CC(=O)Nc1ccc(F)cc1. The Bertz CT molecular complexity index is 963. The molecule has 0 spiro atoms. The van der Waals surface area contributed by atoms with Gasteiger partial charge >= 0.3 is 0 Å². The van der Waals surface area contributed by atoms with Gasteiger partial charge in [-0.1, -0.05) is 12.8 Å². The van der Waals surface area contributed by atoms with E-state index >= 15 is 0 Å². The summed E-state index contributed by atoms with van der Waals surface area (Å²) in [6.45, 7) is 5.24. The minimum atomic E-state index is -0.343. The maximum absolute atomic E-state index is 13.1. The molecule has 0 radical (unpaired) electrons. The number of anilines is 1. The van der Waals surface area contributed by atoms with Gasteiger partial charge < -0.3 is 10.2 Å². The zero-order chi connectivity index (χ0) is 22.7. The summed E-state index contributed by atoms with van der Waals surface area (Å²) in [4.78, 5) is 36.5. The van der Waals surface area contributed by atoms with E-state index in [0.29, 0.717) is 24.6 Å². The zero-order valence-electron chi connectivity index (χ0n) is 18.9. The van der Waals surface area contributed by atoms with Crippen LogP contribution in [0.2, 0.25) is 0 Å². The molecular weight excluding hydrogens is 407 g/mol. The van der Waals surface area contributed by atoms with Gasteiger partial charge in [0, 0.05) is 48.1 Å². The Kier molecular flexibility index (Phi) is 6.82. The Morgan fingerprint density at radius 3 is 2.38 bits per heavy atom. The first-order chi connectivity index (χ1) is 15.4. The number of aromatic nitrogens is 2. The first-order valence-electron chi connectivity index (χ1n) is 11.6. The van der Waals surface area contributed by atoms with Crippen LogP contribution in [0, 0.1) is 25.6 Å². The number of likely N-dealkylation sites (tertiary alicyclic amines) is 1. The lowest BCUT2D eigenvalue weighted by atomic mass is 10.0. The number of benzene rings is 1. The molecule has 1 aromatic heterocycles. The highest BCUT2D eigenvalue weighted by Gasteiger charge is 2.31. The number of carbonyl (C=O) groups excluding carboxylic acids is 2. The Balaban J connectivity index is 1.37.